The number of nitrogens with zero attached hydrogens (tertiary/aromatic N) is 1. The van der Waals surface area contributed by atoms with Gasteiger partial charge in [0.2, 0.25) is 0 Å². The Labute approximate surface area is 122 Å². The number of rotatable bonds is 2. The fourth-order valence-electron chi connectivity index (χ4n) is 2.83. The smallest absolute Gasteiger partial charge is 0.0746 e. The van der Waals surface area contributed by atoms with Gasteiger partial charge in [-0.1, -0.05) is 29.8 Å². The Bertz CT molecular complexity index is 593. The molecule has 1 aromatic carbocycles. The summed E-state index contributed by atoms with van der Waals surface area (Å²) in [4.78, 5) is 3.51. The third-order valence-electron chi connectivity index (χ3n) is 3.72. The van der Waals surface area contributed by atoms with Gasteiger partial charge in [0, 0.05) is 28.1 Å². The third kappa shape index (κ3) is 2.79. The molecule has 2 heterocycles. The van der Waals surface area contributed by atoms with Gasteiger partial charge in [0.25, 0.3) is 0 Å². The minimum absolute atomic E-state index is 0.554. The lowest BCUT2D eigenvalue weighted by atomic mass is 9.95. The van der Waals surface area contributed by atoms with Gasteiger partial charge in [0.1, 0.15) is 0 Å². The number of hydrogen-bond donors (Lipinski definition) is 1. The summed E-state index contributed by atoms with van der Waals surface area (Å²) < 4.78 is 1.24. The summed E-state index contributed by atoms with van der Waals surface area (Å²) in [5, 5.41) is 12.2. The van der Waals surface area contributed by atoms with E-state index in [4.69, 9.17) is 11.6 Å². The van der Waals surface area contributed by atoms with Crippen LogP contribution in [-0.4, -0.2) is 28.7 Å². The highest BCUT2D eigenvalue weighted by molar-refractivity contribution is 7.19. The van der Waals surface area contributed by atoms with Gasteiger partial charge in [-0.2, -0.15) is 0 Å². The van der Waals surface area contributed by atoms with E-state index < -0.39 is 5.60 Å². The Kier molecular flexibility index (Phi) is 3.56. The lowest BCUT2D eigenvalue weighted by Crippen LogP contribution is -2.45. The number of piperidine rings is 1. The summed E-state index contributed by atoms with van der Waals surface area (Å²) in [6.45, 7) is 4.54. The molecule has 0 bridgehead atoms. The lowest BCUT2D eigenvalue weighted by molar-refractivity contribution is -0.0178. The molecular formula is C15H18ClNOS. The van der Waals surface area contributed by atoms with Crippen LogP contribution in [-0.2, 0) is 6.54 Å². The van der Waals surface area contributed by atoms with Crippen molar-refractivity contribution < 1.29 is 5.11 Å². The third-order valence-corrected chi connectivity index (χ3v) is 5.42. The Hall–Kier alpha value is -0.610. The molecule has 0 amide bonds. The molecule has 1 unspecified atom stereocenters. The van der Waals surface area contributed by atoms with Crippen LogP contribution in [0, 0.1) is 0 Å². The van der Waals surface area contributed by atoms with Crippen molar-refractivity contribution in [1.82, 2.24) is 4.90 Å². The highest BCUT2D eigenvalue weighted by Crippen LogP contribution is 2.36. The Morgan fingerprint density at radius 2 is 2.21 bits per heavy atom. The molecule has 4 heteroatoms. The first kappa shape index (κ1) is 13.4. The maximum absolute atomic E-state index is 10.2. The molecule has 2 nitrogen and oxygen atoms in total. The van der Waals surface area contributed by atoms with E-state index in [0.717, 1.165) is 42.9 Å². The Morgan fingerprint density at radius 3 is 2.95 bits per heavy atom. The monoisotopic (exact) mass is 295 g/mol. The van der Waals surface area contributed by atoms with Crippen molar-refractivity contribution >= 4 is 33.0 Å². The van der Waals surface area contributed by atoms with Gasteiger partial charge in [-0.25, -0.2) is 0 Å². The molecule has 1 aliphatic heterocycles. The summed E-state index contributed by atoms with van der Waals surface area (Å²) in [7, 11) is 0. The highest BCUT2D eigenvalue weighted by Gasteiger charge is 2.28. The molecule has 0 saturated carbocycles. The maximum atomic E-state index is 10.2. The molecule has 102 valence electrons. The van der Waals surface area contributed by atoms with Gasteiger partial charge in [-0.05, 0) is 32.4 Å². The molecule has 1 saturated heterocycles. The first-order valence-electron chi connectivity index (χ1n) is 6.66. The quantitative estimate of drug-likeness (QED) is 0.908. The van der Waals surface area contributed by atoms with Crippen molar-refractivity contribution in [1.29, 1.82) is 0 Å². The number of benzene rings is 1. The number of halogens is 1. The Morgan fingerprint density at radius 1 is 1.42 bits per heavy atom. The first-order chi connectivity index (χ1) is 9.05. The molecule has 1 atom stereocenters. The summed E-state index contributed by atoms with van der Waals surface area (Å²) in [6.07, 6.45) is 1.94. The van der Waals surface area contributed by atoms with Crippen LogP contribution in [0.15, 0.2) is 24.3 Å². The summed E-state index contributed by atoms with van der Waals surface area (Å²) >= 11 is 8.23. The average Bonchev–Trinajstić information content (AvgIpc) is 2.66. The minimum Gasteiger partial charge on any atom is -0.389 e. The molecule has 1 fully saturated rings. The van der Waals surface area contributed by atoms with Gasteiger partial charge in [-0.3, -0.25) is 4.90 Å². The molecule has 2 aromatic rings. The van der Waals surface area contributed by atoms with E-state index in [1.54, 1.807) is 11.3 Å². The van der Waals surface area contributed by atoms with Crippen molar-refractivity contribution in [2.24, 2.45) is 0 Å². The van der Waals surface area contributed by atoms with Crippen molar-refractivity contribution in [3.8, 4) is 0 Å². The van der Waals surface area contributed by atoms with Crippen molar-refractivity contribution in [3.05, 3.63) is 34.2 Å². The zero-order valence-corrected chi connectivity index (χ0v) is 12.6. The number of likely N-dealkylation sites (tertiary alicyclic amines) is 1. The van der Waals surface area contributed by atoms with Gasteiger partial charge in [0.15, 0.2) is 0 Å². The molecule has 3 rings (SSSR count). The fraction of sp³-hybridized carbons (Fsp3) is 0.467. The number of fused-ring (bicyclic) bond motifs is 1. The summed E-state index contributed by atoms with van der Waals surface area (Å²) in [5.74, 6) is 0. The second-order valence-corrected chi connectivity index (χ2v) is 7.16. The fourth-order valence-corrected chi connectivity index (χ4v) is 4.36. The second kappa shape index (κ2) is 5.06. The number of β-amino-alcohol motifs (C(OH)–C–C–N with tert-alkyl or cyclic N) is 1. The molecule has 0 spiro atoms. The molecular weight excluding hydrogens is 278 g/mol. The van der Waals surface area contributed by atoms with Gasteiger partial charge < -0.3 is 5.11 Å². The topological polar surface area (TPSA) is 23.5 Å². The molecule has 1 aliphatic rings. The van der Waals surface area contributed by atoms with E-state index in [2.05, 4.69) is 17.0 Å². The predicted molar refractivity (Wildman–Crippen MR) is 82.0 cm³/mol. The van der Waals surface area contributed by atoms with E-state index in [1.165, 1.54) is 9.58 Å². The van der Waals surface area contributed by atoms with Gasteiger partial charge >= 0.3 is 0 Å². The largest absolute Gasteiger partial charge is 0.389 e. The van der Waals surface area contributed by atoms with E-state index >= 15 is 0 Å². The number of aliphatic hydroxyl groups is 1. The van der Waals surface area contributed by atoms with E-state index in [1.807, 2.05) is 19.1 Å². The van der Waals surface area contributed by atoms with Crippen LogP contribution < -0.4 is 0 Å². The molecule has 0 radical (unpaired) electrons. The lowest BCUT2D eigenvalue weighted by Gasteiger charge is -2.36. The predicted octanol–water partition coefficient (Wildman–Crippen LogP) is 3.90. The van der Waals surface area contributed by atoms with Crippen molar-refractivity contribution in [2.45, 2.75) is 31.9 Å². The van der Waals surface area contributed by atoms with Gasteiger partial charge in [0.05, 0.1) is 10.6 Å². The maximum Gasteiger partial charge on any atom is 0.0746 e. The van der Waals surface area contributed by atoms with Gasteiger partial charge in [-0.15, -0.1) is 11.3 Å². The minimum atomic E-state index is -0.554. The Balaban J connectivity index is 1.83. The zero-order chi connectivity index (χ0) is 13.5. The van der Waals surface area contributed by atoms with Crippen LogP contribution in [0.3, 0.4) is 0 Å². The summed E-state index contributed by atoms with van der Waals surface area (Å²) in [6, 6.07) is 8.26. The molecule has 0 aliphatic carbocycles. The van der Waals surface area contributed by atoms with Crippen molar-refractivity contribution in [2.75, 3.05) is 13.1 Å². The van der Waals surface area contributed by atoms with E-state index in [-0.39, 0.29) is 0 Å². The number of hydrogen-bond acceptors (Lipinski definition) is 3. The standard InChI is InChI=1S/C15H18ClNOS/c1-15(18)7-4-8-17(10-15)9-13-14(16)11-5-2-3-6-12(11)19-13/h2-3,5-6,18H,4,7-10H2,1H3. The van der Waals surface area contributed by atoms with Crippen LogP contribution >= 0.6 is 22.9 Å². The summed E-state index contributed by atoms with van der Waals surface area (Å²) in [5.41, 5.74) is -0.554. The highest BCUT2D eigenvalue weighted by atomic mass is 35.5. The molecule has 19 heavy (non-hydrogen) atoms. The molecule has 1 N–H and O–H groups in total. The van der Waals surface area contributed by atoms with Crippen LogP contribution in [0.5, 0.6) is 0 Å². The van der Waals surface area contributed by atoms with Crippen LogP contribution in [0.25, 0.3) is 10.1 Å². The van der Waals surface area contributed by atoms with E-state index in [0.29, 0.717) is 0 Å². The number of thiophene rings is 1. The first-order valence-corrected chi connectivity index (χ1v) is 7.85. The van der Waals surface area contributed by atoms with Crippen LogP contribution in [0.1, 0.15) is 24.6 Å². The van der Waals surface area contributed by atoms with Crippen molar-refractivity contribution in [3.63, 3.8) is 0 Å². The zero-order valence-electron chi connectivity index (χ0n) is 11.0. The van der Waals surface area contributed by atoms with Crippen LogP contribution in [0.4, 0.5) is 0 Å². The van der Waals surface area contributed by atoms with Crippen LogP contribution in [0.2, 0.25) is 5.02 Å². The second-order valence-electron chi connectivity index (χ2n) is 5.65. The SMILES string of the molecule is CC1(O)CCCN(Cc2sc3ccccc3c2Cl)C1. The molecule has 1 aromatic heterocycles. The average molecular weight is 296 g/mol. The normalized spacial score (nSPS) is 25.0. The van der Waals surface area contributed by atoms with E-state index in [9.17, 15) is 5.11 Å².